The van der Waals surface area contributed by atoms with E-state index in [1.165, 1.54) is 5.56 Å². The summed E-state index contributed by atoms with van der Waals surface area (Å²) in [4.78, 5) is 27.9. The van der Waals surface area contributed by atoms with Gasteiger partial charge < -0.3 is 19.9 Å². The van der Waals surface area contributed by atoms with E-state index >= 15 is 0 Å². The molecule has 0 bridgehead atoms. The number of nitrogens with zero attached hydrogens (tertiary/aromatic N) is 2. The van der Waals surface area contributed by atoms with Crippen LogP contribution in [0.4, 0.5) is 11.4 Å². The molecule has 1 aliphatic heterocycles. The maximum Gasteiger partial charge on any atom is 0.262 e. The average molecular weight is 416 g/mol. The van der Waals surface area contributed by atoms with Crippen LogP contribution in [0.3, 0.4) is 0 Å². The van der Waals surface area contributed by atoms with Gasteiger partial charge in [0.1, 0.15) is 5.75 Å². The minimum atomic E-state index is -0.254. The predicted molar refractivity (Wildman–Crippen MR) is 116 cm³/mol. The van der Waals surface area contributed by atoms with Gasteiger partial charge in [0.2, 0.25) is 5.91 Å². The van der Waals surface area contributed by atoms with Crippen molar-refractivity contribution in [2.75, 3.05) is 43.0 Å². The van der Waals surface area contributed by atoms with Gasteiger partial charge in [-0.25, -0.2) is 0 Å². The number of anilines is 2. The van der Waals surface area contributed by atoms with Gasteiger partial charge in [-0.3, -0.25) is 9.59 Å². The number of rotatable bonds is 6. The van der Waals surface area contributed by atoms with Gasteiger partial charge in [0.15, 0.2) is 6.61 Å². The molecule has 1 fully saturated rings. The second-order valence-electron chi connectivity index (χ2n) is 6.96. The second-order valence-corrected chi connectivity index (χ2v) is 7.37. The number of amides is 2. The number of benzene rings is 2. The summed E-state index contributed by atoms with van der Waals surface area (Å²) in [5.74, 6) is 0.473. The monoisotopic (exact) mass is 415 g/mol. The zero-order chi connectivity index (χ0) is 20.8. The number of hydrogen-bond acceptors (Lipinski definition) is 4. The lowest BCUT2D eigenvalue weighted by Gasteiger charge is -2.36. The largest absolute Gasteiger partial charge is 0.484 e. The quantitative estimate of drug-likeness (QED) is 0.783. The number of para-hydroxylation sites is 1. The van der Waals surface area contributed by atoms with Crippen LogP contribution in [0.1, 0.15) is 19.4 Å². The van der Waals surface area contributed by atoms with E-state index in [9.17, 15) is 9.59 Å². The third-order valence-corrected chi connectivity index (χ3v) is 5.31. The van der Waals surface area contributed by atoms with E-state index in [4.69, 9.17) is 16.3 Å². The number of carbonyl (C=O) groups excluding carboxylic acids is 2. The Hall–Kier alpha value is -2.73. The Labute approximate surface area is 176 Å². The van der Waals surface area contributed by atoms with E-state index in [1.54, 1.807) is 19.1 Å². The van der Waals surface area contributed by atoms with Crippen molar-refractivity contribution >= 4 is 34.8 Å². The molecule has 2 amide bonds. The van der Waals surface area contributed by atoms with Gasteiger partial charge in [-0.2, -0.15) is 0 Å². The van der Waals surface area contributed by atoms with E-state index in [-0.39, 0.29) is 18.4 Å². The molecule has 0 saturated carbocycles. The van der Waals surface area contributed by atoms with E-state index in [2.05, 4.69) is 17.1 Å². The second kappa shape index (κ2) is 9.65. The minimum absolute atomic E-state index is 0.0708. The summed E-state index contributed by atoms with van der Waals surface area (Å²) >= 11 is 6.44. The fraction of sp³-hybridized carbons (Fsp3) is 0.364. The molecule has 1 N–H and O–H groups in total. The van der Waals surface area contributed by atoms with Crippen LogP contribution < -0.4 is 15.0 Å². The molecule has 154 valence electrons. The Morgan fingerprint density at radius 1 is 1.07 bits per heavy atom. The summed E-state index contributed by atoms with van der Waals surface area (Å²) in [7, 11) is 0. The summed E-state index contributed by atoms with van der Waals surface area (Å²) in [6.07, 6.45) is 0.957. The van der Waals surface area contributed by atoms with Crippen molar-refractivity contribution in [2.45, 2.75) is 20.3 Å². The molecule has 0 radical (unpaired) electrons. The van der Waals surface area contributed by atoms with Gasteiger partial charge in [-0.05, 0) is 36.2 Å². The van der Waals surface area contributed by atoms with Gasteiger partial charge >= 0.3 is 0 Å². The topological polar surface area (TPSA) is 61.9 Å². The number of hydrogen-bond donors (Lipinski definition) is 1. The molecule has 29 heavy (non-hydrogen) atoms. The lowest BCUT2D eigenvalue weighted by atomic mass is 10.2. The van der Waals surface area contributed by atoms with Crippen LogP contribution in [0.5, 0.6) is 5.75 Å². The molecular weight excluding hydrogens is 390 g/mol. The van der Waals surface area contributed by atoms with E-state index in [0.29, 0.717) is 42.6 Å². The highest BCUT2D eigenvalue weighted by Crippen LogP contribution is 2.34. The fourth-order valence-electron chi connectivity index (χ4n) is 3.34. The molecule has 0 spiro atoms. The van der Waals surface area contributed by atoms with Crippen LogP contribution >= 0.6 is 11.6 Å². The van der Waals surface area contributed by atoms with Crippen molar-refractivity contribution < 1.29 is 14.3 Å². The normalized spacial score (nSPS) is 13.9. The van der Waals surface area contributed by atoms with Crippen LogP contribution in [0.15, 0.2) is 42.5 Å². The van der Waals surface area contributed by atoms with E-state index in [0.717, 1.165) is 12.1 Å². The van der Waals surface area contributed by atoms with Gasteiger partial charge in [-0.1, -0.05) is 36.7 Å². The lowest BCUT2D eigenvalue weighted by Crippen LogP contribution is -2.48. The lowest BCUT2D eigenvalue weighted by molar-refractivity contribution is -0.129. The van der Waals surface area contributed by atoms with Crippen LogP contribution in [-0.2, 0) is 16.0 Å². The van der Waals surface area contributed by atoms with Gasteiger partial charge in [0.05, 0.1) is 16.4 Å². The van der Waals surface area contributed by atoms with Crippen molar-refractivity contribution in [3.8, 4) is 5.75 Å². The Balaban J connectivity index is 1.63. The van der Waals surface area contributed by atoms with Crippen LogP contribution in [-0.4, -0.2) is 49.5 Å². The number of halogens is 1. The highest BCUT2D eigenvalue weighted by Gasteiger charge is 2.23. The number of carbonyl (C=O) groups is 2. The highest BCUT2D eigenvalue weighted by atomic mass is 35.5. The first-order chi connectivity index (χ1) is 14.0. The first-order valence-corrected chi connectivity index (χ1v) is 10.2. The summed E-state index contributed by atoms with van der Waals surface area (Å²) < 4.78 is 5.59. The molecule has 0 aromatic heterocycles. The van der Waals surface area contributed by atoms with Gasteiger partial charge in [0.25, 0.3) is 5.91 Å². The molecule has 0 unspecified atom stereocenters. The standard InChI is InChI=1S/C22H26ClN3O3/c1-3-17-7-9-18(10-8-17)29-15-21(28)24-20-6-4-5-19(23)22(20)26-13-11-25(12-14-26)16(2)27/h4-10H,3,11-15H2,1-2H3,(H,24,28). The third kappa shape index (κ3) is 5.41. The molecule has 2 aromatic carbocycles. The first-order valence-electron chi connectivity index (χ1n) is 9.78. The maximum atomic E-state index is 12.4. The summed E-state index contributed by atoms with van der Waals surface area (Å²) in [6, 6.07) is 13.1. The smallest absolute Gasteiger partial charge is 0.262 e. The van der Waals surface area contributed by atoms with Crippen molar-refractivity contribution in [3.05, 3.63) is 53.1 Å². The Kier molecular flexibility index (Phi) is 6.99. The summed E-state index contributed by atoms with van der Waals surface area (Å²) in [5.41, 5.74) is 2.64. The van der Waals surface area contributed by atoms with Crippen LogP contribution in [0, 0.1) is 0 Å². The summed E-state index contributed by atoms with van der Waals surface area (Å²) in [5, 5.41) is 3.47. The van der Waals surface area contributed by atoms with Crippen molar-refractivity contribution in [3.63, 3.8) is 0 Å². The molecular formula is C22H26ClN3O3. The van der Waals surface area contributed by atoms with Gasteiger partial charge in [-0.15, -0.1) is 0 Å². The van der Waals surface area contributed by atoms with Crippen molar-refractivity contribution in [1.82, 2.24) is 4.90 Å². The molecule has 6 nitrogen and oxygen atoms in total. The number of piperazine rings is 1. The number of ether oxygens (including phenoxy) is 1. The third-order valence-electron chi connectivity index (χ3n) is 5.00. The number of nitrogens with one attached hydrogen (secondary N) is 1. The molecule has 0 aliphatic carbocycles. The van der Waals surface area contributed by atoms with Crippen molar-refractivity contribution in [2.24, 2.45) is 0 Å². The molecule has 3 rings (SSSR count). The Morgan fingerprint density at radius 3 is 2.38 bits per heavy atom. The summed E-state index contributed by atoms with van der Waals surface area (Å²) in [6.45, 7) is 6.16. The van der Waals surface area contributed by atoms with Crippen LogP contribution in [0.25, 0.3) is 0 Å². The molecule has 7 heteroatoms. The predicted octanol–water partition coefficient (Wildman–Crippen LogP) is 3.59. The zero-order valence-corrected chi connectivity index (χ0v) is 17.5. The zero-order valence-electron chi connectivity index (χ0n) is 16.8. The molecule has 1 saturated heterocycles. The van der Waals surface area contributed by atoms with E-state index < -0.39 is 0 Å². The first kappa shape index (κ1) is 21.0. The molecule has 0 atom stereocenters. The Morgan fingerprint density at radius 2 is 1.76 bits per heavy atom. The van der Waals surface area contributed by atoms with Gasteiger partial charge in [0, 0.05) is 33.1 Å². The highest BCUT2D eigenvalue weighted by molar-refractivity contribution is 6.34. The minimum Gasteiger partial charge on any atom is -0.484 e. The molecule has 2 aromatic rings. The van der Waals surface area contributed by atoms with E-state index in [1.807, 2.05) is 35.2 Å². The van der Waals surface area contributed by atoms with Crippen molar-refractivity contribution in [1.29, 1.82) is 0 Å². The van der Waals surface area contributed by atoms with Crippen LogP contribution in [0.2, 0.25) is 5.02 Å². The average Bonchev–Trinajstić information content (AvgIpc) is 2.73. The molecule has 1 heterocycles. The Bertz CT molecular complexity index is 862. The SMILES string of the molecule is CCc1ccc(OCC(=O)Nc2cccc(Cl)c2N2CCN(C(C)=O)CC2)cc1. The maximum absolute atomic E-state index is 12.4. The number of aryl methyl sites for hydroxylation is 1. The fourth-order valence-corrected chi connectivity index (χ4v) is 3.63. The molecule has 1 aliphatic rings.